The van der Waals surface area contributed by atoms with Gasteiger partial charge in [0, 0.05) is 32.8 Å². The normalized spacial score (nSPS) is 11.9. The Hall–Kier alpha value is -2.09. The standard InChI is InChI=1S/C20H33N3O4S/c1-5-27-19(24)10-8-6-7-9-13-22-20(21-3)23-15-17-11-12-18(16(2)14-17)28(4,25)26/h11-12,14H,5-10,13,15H2,1-4H3,(H2,21,22,23). The van der Waals surface area contributed by atoms with E-state index in [1.54, 1.807) is 20.0 Å². The highest BCUT2D eigenvalue weighted by molar-refractivity contribution is 7.90. The third-order valence-electron chi connectivity index (χ3n) is 4.23. The van der Waals surface area contributed by atoms with E-state index >= 15 is 0 Å². The third-order valence-corrected chi connectivity index (χ3v) is 5.48. The predicted molar refractivity (Wildman–Crippen MR) is 112 cm³/mol. The number of nitrogens with one attached hydrogen (secondary N) is 2. The monoisotopic (exact) mass is 411 g/mol. The maximum absolute atomic E-state index is 11.7. The van der Waals surface area contributed by atoms with Crippen LogP contribution in [-0.2, 0) is 25.9 Å². The summed E-state index contributed by atoms with van der Waals surface area (Å²) in [5.41, 5.74) is 1.74. The zero-order valence-electron chi connectivity index (χ0n) is 17.4. The van der Waals surface area contributed by atoms with Crippen LogP contribution in [0.25, 0.3) is 0 Å². The number of carbonyl (C=O) groups is 1. The summed E-state index contributed by atoms with van der Waals surface area (Å²) in [5.74, 6) is 0.585. The number of nitrogens with zero attached hydrogens (tertiary/aromatic N) is 1. The van der Waals surface area contributed by atoms with Crippen molar-refractivity contribution in [2.75, 3.05) is 26.5 Å². The Kier molecular flexibility index (Phi) is 10.6. The SMILES string of the molecule is CCOC(=O)CCCCCCNC(=NC)NCc1ccc(S(C)(=O)=O)c(C)c1. The van der Waals surface area contributed by atoms with Gasteiger partial charge in [-0.05, 0) is 43.9 Å². The van der Waals surface area contributed by atoms with Gasteiger partial charge in [0.25, 0.3) is 0 Å². The average molecular weight is 412 g/mol. The highest BCUT2D eigenvalue weighted by atomic mass is 32.2. The summed E-state index contributed by atoms with van der Waals surface area (Å²) in [6.07, 6.45) is 5.59. The van der Waals surface area contributed by atoms with Gasteiger partial charge < -0.3 is 15.4 Å². The molecule has 0 aliphatic carbocycles. The van der Waals surface area contributed by atoms with Crippen molar-refractivity contribution >= 4 is 21.8 Å². The average Bonchev–Trinajstić information content (AvgIpc) is 2.62. The number of hydrogen-bond acceptors (Lipinski definition) is 5. The molecular weight excluding hydrogens is 378 g/mol. The topological polar surface area (TPSA) is 96.9 Å². The van der Waals surface area contributed by atoms with Crippen LogP contribution in [-0.4, -0.2) is 46.8 Å². The molecule has 1 aromatic rings. The van der Waals surface area contributed by atoms with E-state index in [0.717, 1.165) is 43.4 Å². The Labute approximate surface area is 168 Å². The second kappa shape index (κ2) is 12.4. The lowest BCUT2D eigenvalue weighted by atomic mass is 10.1. The molecule has 0 bridgehead atoms. The highest BCUT2D eigenvalue weighted by Crippen LogP contribution is 2.16. The summed E-state index contributed by atoms with van der Waals surface area (Å²) in [5, 5.41) is 6.49. The van der Waals surface area contributed by atoms with E-state index in [2.05, 4.69) is 15.6 Å². The Morgan fingerprint density at radius 3 is 2.46 bits per heavy atom. The fraction of sp³-hybridized carbons (Fsp3) is 0.600. The summed E-state index contributed by atoms with van der Waals surface area (Å²) in [4.78, 5) is 15.8. The zero-order chi connectivity index (χ0) is 21.0. The molecule has 0 saturated carbocycles. The molecule has 158 valence electrons. The molecule has 28 heavy (non-hydrogen) atoms. The van der Waals surface area contributed by atoms with E-state index in [-0.39, 0.29) is 5.97 Å². The molecule has 0 aromatic heterocycles. The van der Waals surface area contributed by atoms with Gasteiger partial charge in [-0.25, -0.2) is 8.42 Å². The lowest BCUT2D eigenvalue weighted by molar-refractivity contribution is -0.143. The van der Waals surface area contributed by atoms with Crippen LogP contribution in [0.4, 0.5) is 0 Å². The van der Waals surface area contributed by atoms with Gasteiger partial charge in [-0.15, -0.1) is 0 Å². The fourth-order valence-corrected chi connectivity index (χ4v) is 3.79. The van der Waals surface area contributed by atoms with Crippen LogP contribution in [0.2, 0.25) is 0 Å². The Morgan fingerprint density at radius 2 is 1.86 bits per heavy atom. The molecular formula is C20H33N3O4S. The van der Waals surface area contributed by atoms with Gasteiger partial charge in [-0.2, -0.15) is 0 Å². The van der Waals surface area contributed by atoms with Crippen LogP contribution < -0.4 is 10.6 Å². The Bertz CT molecular complexity index is 761. The minimum atomic E-state index is -3.20. The molecule has 0 spiro atoms. The molecule has 0 aliphatic rings. The zero-order valence-corrected chi connectivity index (χ0v) is 18.2. The summed E-state index contributed by atoms with van der Waals surface area (Å²) in [7, 11) is -1.48. The molecule has 7 nitrogen and oxygen atoms in total. The molecule has 0 saturated heterocycles. The molecule has 0 fully saturated rings. The smallest absolute Gasteiger partial charge is 0.305 e. The van der Waals surface area contributed by atoms with Crippen molar-refractivity contribution < 1.29 is 17.9 Å². The van der Waals surface area contributed by atoms with Crippen molar-refractivity contribution in [3.8, 4) is 0 Å². The summed E-state index contributed by atoms with van der Waals surface area (Å²) in [6, 6.07) is 5.33. The number of carbonyl (C=O) groups excluding carboxylic acids is 1. The fourth-order valence-electron chi connectivity index (χ4n) is 2.83. The van der Waals surface area contributed by atoms with Crippen LogP contribution in [0, 0.1) is 6.92 Å². The van der Waals surface area contributed by atoms with Crippen LogP contribution in [0.5, 0.6) is 0 Å². The van der Waals surface area contributed by atoms with E-state index in [1.807, 2.05) is 19.1 Å². The highest BCUT2D eigenvalue weighted by Gasteiger charge is 2.11. The minimum absolute atomic E-state index is 0.120. The molecule has 0 atom stereocenters. The number of ether oxygens (including phenoxy) is 1. The number of unbranched alkanes of at least 4 members (excludes halogenated alkanes) is 3. The second-order valence-corrected chi connectivity index (χ2v) is 8.68. The van der Waals surface area contributed by atoms with Gasteiger partial charge in [0.15, 0.2) is 15.8 Å². The van der Waals surface area contributed by atoms with Gasteiger partial charge in [-0.1, -0.05) is 25.0 Å². The Morgan fingerprint density at radius 1 is 1.14 bits per heavy atom. The number of esters is 1. The first-order valence-corrected chi connectivity index (χ1v) is 11.6. The number of aryl methyl sites for hydroxylation is 1. The third kappa shape index (κ3) is 9.21. The minimum Gasteiger partial charge on any atom is -0.466 e. The molecule has 0 radical (unpaired) electrons. The quantitative estimate of drug-likeness (QED) is 0.251. The summed E-state index contributed by atoms with van der Waals surface area (Å²) >= 11 is 0. The summed E-state index contributed by atoms with van der Waals surface area (Å²) < 4.78 is 28.3. The van der Waals surface area contributed by atoms with Gasteiger partial charge in [0.05, 0.1) is 11.5 Å². The first-order chi connectivity index (χ1) is 13.3. The second-order valence-electron chi connectivity index (χ2n) is 6.69. The number of rotatable bonds is 11. The number of sulfone groups is 1. The lowest BCUT2D eigenvalue weighted by Gasteiger charge is -2.13. The first kappa shape index (κ1) is 23.9. The molecule has 1 aromatic carbocycles. The molecule has 0 amide bonds. The maximum atomic E-state index is 11.7. The van der Waals surface area contributed by atoms with E-state index in [0.29, 0.717) is 30.4 Å². The van der Waals surface area contributed by atoms with Gasteiger partial charge in [-0.3, -0.25) is 9.79 Å². The van der Waals surface area contributed by atoms with Crippen LogP contribution in [0.15, 0.2) is 28.1 Å². The van der Waals surface area contributed by atoms with Gasteiger partial charge in [0.2, 0.25) is 0 Å². The van der Waals surface area contributed by atoms with Gasteiger partial charge in [0.1, 0.15) is 0 Å². The maximum Gasteiger partial charge on any atom is 0.305 e. The molecule has 0 aliphatic heterocycles. The predicted octanol–water partition coefficient (Wildman–Crippen LogP) is 2.58. The van der Waals surface area contributed by atoms with Crippen LogP contribution >= 0.6 is 0 Å². The molecule has 1 rings (SSSR count). The number of hydrogen-bond donors (Lipinski definition) is 2. The van der Waals surface area contributed by atoms with E-state index < -0.39 is 9.84 Å². The van der Waals surface area contributed by atoms with Crippen LogP contribution in [0.3, 0.4) is 0 Å². The van der Waals surface area contributed by atoms with Crippen LogP contribution in [0.1, 0.15) is 50.2 Å². The first-order valence-electron chi connectivity index (χ1n) is 9.67. The molecule has 2 N–H and O–H groups in total. The van der Waals surface area contributed by atoms with Gasteiger partial charge >= 0.3 is 5.97 Å². The Balaban J connectivity index is 2.29. The van der Waals surface area contributed by atoms with E-state index in [4.69, 9.17) is 4.74 Å². The largest absolute Gasteiger partial charge is 0.466 e. The number of benzene rings is 1. The molecule has 8 heteroatoms. The van der Waals surface area contributed by atoms with Crippen molar-refractivity contribution in [3.63, 3.8) is 0 Å². The van der Waals surface area contributed by atoms with Crippen molar-refractivity contribution in [2.45, 2.75) is 57.4 Å². The number of guanidine groups is 1. The van der Waals surface area contributed by atoms with E-state index in [9.17, 15) is 13.2 Å². The van der Waals surface area contributed by atoms with Crippen molar-refractivity contribution in [2.24, 2.45) is 4.99 Å². The lowest BCUT2D eigenvalue weighted by Crippen LogP contribution is -2.37. The molecule has 0 unspecified atom stereocenters. The van der Waals surface area contributed by atoms with Crippen molar-refractivity contribution in [3.05, 3.63) is 29.3 Å². The van der Waals surface area contributed by atoms with Crippen molar-refractivity contribution in [1.29, 1.82) is 0 Å². The van der Waals surface area contributed by atoms with E-state index in [1.165, 1.54) is 6.26 Å². The molecule has 0 heterocycles. The van der Waals surface area contributed by atoms with Crippen molar-refractivity contribution in [1.82, 2.24) is 10.6 Å². The number of aliphatic imine (C=N–C) groups is 1. The summed E-state index contributed by atoms with van der Waals surface area (Å²) in [6.45, 7) is 5.41.